The molecule has 138 valence electrons. The number of nitrogens with zero attached hydrogens (tertiary/aromatic N) is 2. The van der Waals surface area contributed by atoms with Crippen LogP contribution in [-0.2, 0) is 10.0 Å². The van der Waals surface area contributed by atoms with Crippen molar-refractivity contribution in [3.05, 3.63) is 53.6 Å². The lowest BCUT2D eigenvalue weighted by molar-refractivity contribution is 0.0692. The number of Topliss-reactive ketones (excluding diaryl/α,β-unsaturated/α-hetero) is 1. The highest BCUT2D eigenvalue weighted by atomic mass is 32.2. The van der Waals surface area contributed by atoms with Crippen LogP contribution >= 0.6 is 0 Å². The normalized spacial score (nSPS) is 15.8. The fourth-order valence-electron chi connectivity index (χ4n) is 2.80. The second-order valence-corrected chi connectivity index (χ2v) is 7.95. The van der Waals surface area contributed by atoms with Gasteiger partial charge in [-0.25, -0.2) is 12.8 Å². The first kappa shape index (κ1) is 18.3. The van der Waals surface area contributed by atoms with Crippen molar-refractivity contribution in [2.75, 3.05) is 26.2 Å². The lowest BCUT2D eigenvalue weighted by Crippen LogP contribution is -2.50. The topological polar surface area (TPSA) is 90.6 Å². The predicted molar refractivity (Wildman–Crippen MR) is 91.9 cm³/mol. The number of H-pyrrole nitrogens is 1. The zero-order valence-corrected chi connectivity index (χ0v) is 14.9. The maximum absolute atomic E-state index is 13.3. The Bertz CT molecular complexity index is 946. The third kappa shape index (κ3) is 3.54. The number of carbonyl (C=O) groups is 2. The summed E-state index contributed by atoms with van der Waals surface area (Å²) >= 11 is 0. The van der Waals surface area contributed by atoms with Crippen LogP contribution in [0.25, 0.3) is 0 Å². The Kier molecular flexibility index (Phi) is 4.92. The van der Waals surface area contributed by atoms with Crippen LogP contribution in [0.15, 0.2) is 41.4 Å². The highest BCUT2D eigenvalue weighted by molar-refractivity contribution is 7.89. The first-order valence-electron chi connectivity index (χ1n) is 8.03. The zero-order chi connectivity index (χ0) is 18.9. The minimum absolute atomic E-state index is 0.104. The van der Waals surface area contributed by atoms with E-state index in [0.29, 0.717) is 5.56 Å². The smallest absolute Gasteiger partial charge is 0.270 e. The van der Waals surface area contributed by atoms with Gasteiger partial charge in [0.1, 0.15) is 11.5 Å². The van der Waals surface area contributed by atoms with Crippen molar-refractivity contribution in [3.8, 4) is 0 Å². The summed E-state index contributed by atoms with van der Waals surface area (Å²) < 4.78 is 39.7. The van der Waals surface area contributed by atoms with E-state index in [1.165, 1.54) is 46.6 Å². The molecule has 0 radical (unpaired) electrons. The molecule has 1 N–H and O–H groups in total. The van der Waals surface area contributed by atoms with Gasteiger partial charge in [-0.05, 0) is 31.2 Å². The SMILES string of the molecule is CC(=O)c1c[nH]c(C(=O)N2CCN(S(=O)(=O)c3cccc(F)c3)CC2)c1. The quantitative estimate of drug-likeness (QED) is 0.815. The molecular formula is C17H18FN3O4S. The Morgan fingerprint density at radius 2 is 1.81 bits per heavy atom. The number of benzene rings is 1. The van der Waals surface area contributed by atoms with Gasteiger partial charge < -0.3 is 9.88 Å². The number of aromatic nitrogens is 1. The number of halogens is 1. The Morgan fingerprint density at radius 3 is 2.38 bits per heavy atom. The van der Waals surface area contributed by atoms with Crippen molar-refractivity contribution in [1.82, 2.24) is 14.2 Å². The highest BCUT2D eigenvalue weighted by Gasteiger charge is 2.31. The second kappa shape index (κ2) is 7.00. The van der Waals surface area contributed by atoms with Crippen molar-refractivity contribution in [2.45, 2.75) is 11.8 Å². The maximum Gasteiger partial charge on any atom is 0.270 e. The van der Waals surface area contributed by atoms with Gasteiger partial charge in [0.25, 0.3) is 5.91 Å². The molecule has 1 amide bonds. The first-order valence-corrected chi connectivity index (χ1v) is 9.47. The number of hydrogen-bond donors (Lipinski definition) is 1. The summed E-state index contributed by atoms with van der Waals surface area (Å²) in [6.07, 6.45) is 1.47. The molecule has 1 aromatic heterocycles. The average molecular weight is 379 g/mol. The molecule has 1 aliphatic heterocycles. The van der Waals surface area contributed by atoms with E-state index in [-0.39, 0.29) is 48.5 Å². The highest BCUT2D eigenvalue weighted by Crippen LogP contribution is 2.19. The Labute approximate surface area is 150 Å². The van der Waals surface area contributed by atoms with Crippen LogP contribution in [0.3, 0.4) is 0 Å². The van der Waals surface area contributed by atoms with Gasteiger partial charge in [-0.2, -0.15) is 4.31 Å². The van der Waals surface area contributed by atoms with Crippen molar-refractivity contribution in [3.63, 3.8) is 0 Å². The van der Waals surface area contributed by atoms with E-state index >= 15 is 0 Å². The fourth-order valence-corrected chi connectivity index (χ4v) is 4.25. The standard InChI is InChI=1S/C17H18FN3O4S/c1-12(22)13-9-16(19-11-13)17(23)20-5-7-21(8-6-20)26(24,25)15-4-2-3-14(18)10-15/h2-4,9-11,19H,5-8H2,1H3. The van der Waals surface area contributed by atoms with Crippen molar-refractivity contribution < 1.29 is 22.4 Å². The summed E-state index contributed by atoms with van der Waals surface area (Å²) in [5.74, 6) is -1.06. The molecule has 1 aliphatic rings. The molecule has 0 atom stereocenters. The third-order valence-electron chi connectivity index (χ3n) is 4.28. The number of aromatic amines is 1. The number of carbonyl (C=O) groups excluding carboxylic acids is 2. The molecule has 2 heterocycles. The lowest BCUT2D eigenvalue weighted by Gasteiger charge is -2.33. The van der Waals surface area contributed by atoms with Gasteiger partial charge in [0.2, 0.25) is 10.0 Å². The average Bonchev–Trinajstić information content (AvgIpc) is 3.11. The lowest BCUT2D eigenvalue weighted by atomic mass is 10.2. The summed E-state index contributed by atoms with van der Waals surface area (Å²) in [4.78, 5) is 28.0. The minimum Gasteiger partial charge on any atom is -0.356 e. The summed E-state index contributed by atoms with van der Waals surface area (Å²) in [6.45, 7) is 2.06. The van der Waals surface area contributed by atoms with Crippen LogP contribution in [0.5, 0.6) is 0 Å². The Balaban J connectivity index is 1.68. The monoisotopic (exact) mass is 379 g/mol. The molecule has 0 spiro atoms. The number of amides is 1. The molecule has 0 unspecified atom stereocenters. The van der Waals surface area contributed by atoms with Gasteiger partial charge in [-0.1, -0.05) is 6.07 Å². The van der Waals surface area contributed by atoms with Gasteiger partial charge in [0.05, 0.1) is 4.90 Å². The van der Waals surface area contributed by atoms with E-state index in [4.69, 9.17) is 0 Å². The van der Waals surface area contributed by atoms with Gasteiger partial charge in [0, 0.05) is 37.9 Å². The van der Waals surface area contributed by atoms with Gasteiger partial charge in [-0.3, -0.25) is 9.59 Å². The summed E-state index contributed by atoms with van der Waals surface area (Å²) in [5.41, 5.74) is 0.706. The minimum atomic E-state index is -3.80. The Hall–Kier alpha value is -2.52. The largest absolute Gasteiger partial charge is 0.356 e. The number of ketones is 1. The molecule has 1 saturated heterocycles. The van der Waals surface area contributed by atoms with Gasteiger partial charge >= 0.3 is 0 Å². The molecule has 3 rings (SSSR count). The first-order chi connectivity index (χ1) is 12.3. The molecule has 0 aliphatic carbocycles. The molecular weight excluding hydrogens is 361 g/mol. The van der Waals surface area contributed by atoms with Gasteiger partial charge in [0.15, 0.2) is 5.78 Å². The second-order valence-electron chi connectivity index (χ2n) is 6.01. The summed E-state index contributed by atoms with van der Waals surface area (Å²) in [5, 5.41) is 0. The van der Waals surface area contributed by atoms with E-state index < -0.39 is 15.8 Å². The maximum atomic E-state index is 13.3. The number of nitrogens with one attached hydrogen (secondary N) is 1. The molecule has 2 aromatic rings. The Morgan fingerprint density at radius 1 is 1.12 bits per heavy atom. The van der Waals surface area contributed by atoms with Crippen LogP contribution in [0.1, 0.15) is 27.8 Å². The van der Waals surface area contributed by atoms with Crippen molar-refractivity contribution in [1.29, 1.82) is 0 Å². The van der Waals surface area contributed by atoms with Crippen LogP contribution in [0, 0.1) is 5.82 Å². The van der Waals surface area contributed by atoms with Crippen LogP contribution in [0.4, 0.5) is 4.39 Å². The summed E-state index contributed by atoms with van der Waals surface area (Å²) in [7, 11) is -3.80. The van der Waals surface area contributed by atoms with Crippen LogP contribution in [0.2, 0.25) is 0 Å². The predicted octanol–water partition coefficient (Wildman–Crippen LogP) is 1.50. The molecule has 0 bridgehead atoms. The van der Waals surface area contributed by atoms with Crippen LogP contribution in [-0.4, -0.2) is 60.5 Å². The van der Waals surface area contributed by atoms with Crippen molar-refractivity contribution >= 4 is 21.7 Å². The van der Waals surface area contributed by atoms with Gasteiger partial charge in [-0.15, -0.1) is 0 Å². The summed E-state index contributed by atoms with van der Waals surface area (Å²) in [6, 6.07) is 6.34. The number of sulfonamides is 1. The molecule has 7 nitrogen and oxygen atoms in total. The molecule has 1 aromatic carbocycles. The van der Waals surface area contributed by atoms with E-state index in [2.05, 4.69) is 4.98 Å². The fraction of sp³-hybridized carbons (Fsp3) is 0.294. The molecule has 0 saturated carbocycles. The molecule has 1 fully saturated rings. The van der Waals surface area contributed by atoms with Crippen molar-refractivity contribution in [2.24, 2.45) is 0 Å². The van der Waals surface area contributed by atoms with E-state index in [1.54, 1.807) is 0 Å². The zero-order valence-electron chi connectivity index (χ0n) is 14.1. The number of piperazine rings is 1. The van der Waals surface area contributed by atoms with E-state index in [9.17, 15) is 22.4 Å². The molecule has 9 heteroatoms. The number of hydrogen-bond acceptors (Lipinski definition) is 4. The van der Waals surface area contributed by atoms with E-state index in [0.717, 1.165) is 6.07 Å². The number of rotatable bonds is 4. The third-order valence-corrected chi connectivity index (χ3v) is 6.17. The molecule has 26 heavy (non-hydrogen) atoms. The van der Waals surface area contributed by atoms with Crippen LogP contribution < -0.4 is 0 Å². The van der Waals surface area contributed by atoms with E-state index in [1.807, 2.05) is 0 Å².